The Kier molecular flexibility index (Phi) is 3.90. The van der Waals surface area contributed by atoms with Crippen LogP contribution < -0.4 is 10.1 Å². The highest BCUT2D eigenvalue weighted by Gasteiger charge is 2.50. The highest BCUT2D eigenvalue weighted by molar-refractivity contribution is 6.05. The second kappa shape index (κ2) is 6.37. The van der Waals surface area contributed by atoms with Gasteiger partial charge in [0, 0.05) is 23.6 Å². The summed E-state index contributed by atoms with van der Waals surface area (Å²) in [6.45, 7) is 0. The zero-order valence-corrected chi connectivity index (χ0v) is 15.4. The molecule has 5 rings (SSSR count). The van der Waals surface area contributed by atoms with E-state index in [-0.39, 0.29) is 23.0 Å². The molecule has 29 heavy (non-hydrogen) atoms. The fraction of sp³-hybridized carbons (Fsp3) is 0.238. The number of fused-ring (bicyclic) bond motifs is 3. The topological polar surface area (TPSA) is 56.1 Å². The predicted octanol–water partition coefficient (Wildman–Crippen LogP) is 4.21. The molecule has 2 aromatic carbocycles. The Balaban J connectivity index is 1.56. The average molecular weight is 399 g/mol. The monoisotopic (exact) mass is 399 g/mol. The number of anilines is 1. The van der Waals surface area contributed by atoms with E-state index in [0.717, 1.165) is 35.9 Å². The number of hydrogen-bond acceptors (Lipinski definition) is 3. The van der Waals surface area contributed by atoms with Gasteiger partial charge in [-0.3, -0.25) is 4.79 Å². The van der Waals surface area contributed by atoms with E-state index in [0.29, 0.717) is 18.1 Å². The Hall–Kier alpha value is -3.29. The van der Waals surface area contributed by atoms with Gasteiger partial charge in [-0.15, -0.1) is 0 Å². The molecule has 1 aromatic heterocycles. The second-order valence-electron chi connectivity index (χ2n) is 7.33. The fourth-order valence-corrected chi connectivity index (χ4v) is 4.09. The molecule has 1 heterocycles. The summed E-state index contributed by atoms with van der Waals surface area (Å²) in [5.74, 6) is -1.56. The lowest BCUT2D eigenvalue weighted by Gasteiger charge is -2.10. The number of nitrogens with zero attached hydrogens (tertiary/aromatic N) is 2. The number of nitrogens with one attached hydrogen (secondary N) is 1. The van der Waals surface area contributed by atoms with Gasteiger partial charge >= 0.3 is 0 Å². The lowest BCUT2D eigenvalue weighted by atomic mass is 10.1. The second-order valence-corrected chi connectivity index (χ2v) is 7.33. The first-order valence-electron chi connectivity index (χ1n) is 9.18. The average Bonchev–Trinajstić information content (AvgIpc) is 3.18. The molecule has 148 valence electrons. The van der Waals surface area contributed by atoms with Gasteiger partial charge in [0.05, 0.1) is 18.5 Å². The minimum absolute atomic E-state index is 0.0950. The third kappa shape index (κ3) is 2.86. The van der Waals surface area contributed by atoms with Gasteiger partial charge in [-0.2, -0.15) is 5.10 Å². The summed E-state index contributed by atoms with van der Waals surface area (Å²) in [4.78, 5) is 12.9. The molecule has 3 aromatic rings. The standard InChI is InChI=1S/C21H16F3N3O2/c1-29-18-5-3-12(23)9-16(18)25-21(28)19-14-7-10-6-13(10)20(14)27(26-19)17-4-2-11(22)8-15(17)24/h2-5,8-10,13H,6-7H2,1H3,(H,25,28)/t10-,13-/m1/s1. The van der Waals surface area contributed by atoms with Gasteiger partial charge in [0.1, 0.15) is 23.1 Å². The normalized spacial score (nSPS) is 18.9. The molecule has 0 saturated heterocycles. The van der Waals surface area contributed by atoms with Crippen LogP contribution >= 0.6 is 0 Å². The van der Waals surface area contributed by atoms with E-state index >= 15 is 0 Å². The Morgan fingerprint density at radius 3 is 2.69 bits per heavy atom. The van der Waals surface area contributed by atoms with Crippen molar-refractivity contribution in [3.63, 3.8) is 0 Å². The van der Waals surface area contributed by atoms with E-state index < -0.39 is 23.4 Å². The number of carbonyl (C=O) groups excluding carboxylic acids is 1. The molecule has 0 radical (unpaired) electrons. The number of carbonyl (C=O) groups is 1. The van der Waals surface area contributed by atoms with Crippen LogP contribution in [0.3, 0.4) is 0 Å². The minimum atomic E-state index is -0.752. The van der Waals surface area contributed by atoms with Crippen molar-refractivity contribution < 1.29 is 22.7 Å². The maximum absolute atomic E-state index is 14.4. The predicted molar refractivity (Wildman–Crippen MR) is 98.9 cm³/mol. The first-order valence-corrected chi connectivity index (χ1v) is 9.18. The first kappa shape index (κ1) is 17.8. The van der Waals surface area contributed by atoms with Gasteiger partial charge in [-0.25, -0.2) is 17.9 Å². The van der Waals surface area contributed by atoms with Crippen molar-refractivity contribution >= 4 is 11.6 Å². The van der Waals surface area contributed by atoms with Crippen molar-refractivity contribution in [1.82, 2.24) is 9.78 Å². The molecule has 0 unspecified atom stereocenters. The molecular weight excluding hydrogens is 383 g/mol. The molecule has 1 N–H and O–H groups in total. The summed E-state index contributed by atoms with van der Waals surface area (Å²) in [5.41, 5.74) is 1.97. The molecular formula is C21H16F3N3O2. The number of ether oxygens (including phenoxy) is 1. The maximum Gasteiger partial charge on any atom is 0.276 e. The van der Waals surface area contributed by atoms with E-state index in [9.17, 15) is 18.0 Å². The Labute approximate surface area is 164 Å². The molecule has 2 aliphatic carbocycles. The SMILES string of the molecule is COc1ccc(F)cc1NC(=O)c1nn(-c2ccc(F)cc2F)c2c1C[C@H]1C[C@@H]21. The number of amides is 1. The van der Waals surface area contributed by atoms with Crippen molar-refractivity contribution in [2.75, 3.05) is 12.4 Å². The lowest BCUT2D eigenvalue weighted by Crippen LogP contribution is -2.16. The molecule has 2 atom stereocenters. The molecule has 0 spiro atoms. The quantitative estimate of drug-likeness (QED) is 0.715. The van der Waals surface area contributed by atoms with E-state index in [1.807, 2.05) is 0 Å². The van der Waals surface area contributed by atoms with Crippen LogP contribution in [0.25, 0.3) is 5.69 Å². The Morgan fingerprint density at radius 1 is 1.17 bits per heavy atom. The van der Waals surface area contributed by atoms with Crippen LogP contribution in [0.4, 0.5) is 18.9 Å². The van der Waals surface area contributed by atoms with Crippen molar-refractivity contribution in [3.8, 4) is 11.4 Å². The third-order valence-corrected chi connectivity index (χ3v) is 5.53. The van der Waals surface area contributed by atoms with Crippen molar-refractivity contribution in [3.05, 3.63) is 70.8 Å². The van der Waals surface area contributed by atoms with Crippen LogP contribution in [0.15, 0.2) is 36.4 Å². The number of benzene rings is 2. The molecule has 5 nitrogen and oxygen atoms in total. The van der Waals surface area contributed by atoms with E-state index in [4.69, 9.17) is 4.74 Å². The van der Waals surface area contributed by atoms with E-state index in [1.165, 1.54) is 30.0 Å². The van der Waals surface area contributed by atoms with Gasteiger partial charge in [0.2, 0.25) is 0 Å². The fourth-order valence-electron chi connectivity index (χ4n) is 4.09. The van der Waals surface area contributed by atoms with Crippen molar-refractivity contribution in [1.29, 1.82) is 0 Å². The maximum atomic E-state index is 14.4. The molecule has 0 bridgehead atoms. The van der Waals surface area contributed by atoms with Gasteiger partial charge < -0.3 is 10.1 Å². The first-order chi connectivity index (χ1) is 14.0. The van der Waals surface area contributed by atoms with Gasteiger partial charge in [-0.1, -0.05) is 0 Å². The third-order valence-electron chi connectivity index (χ3n) is 5.53. The van der Waals surface area contributed by atoms with Crippen LogP contribution in [0.5, 0.6) is 5.75 Å². The number of rotatable bonds is 4. The molecule has 8 heteroatoms. The van der Waals surface area contributed by atoms with Crippen LogP contribution in [-0.4, -0.2) is 22.8 Å². The highest BCUT2D eigenvalue weighted by atomic mass is 19.1. The van der Waals surface area contributed by atoms with Crippen LogP contribution in [0.2, 0.25) is 0 Å². The van der Waals surface area contributed by atoms with Crippen LogP contribution in [0, 0.1) is 23.4 Å². The summed E-state index contributed by atoms with van der Waals surface area (Å²) in [6, 6.07) is 7.06. The van der Waals surface area contributed by atoms with Crippen molar-refractivity contribution in [2.45, 2.75) is 18.8 Å². The zero-order chi connectivity index (χ0) is 20.3. The van der Waals surface area contributed by atoms with Crippen LogP contribution in [0.1, 0.15) is 34.1 Å². The van der Waals surface area contributed by atoms with Gasteiger partial charge in [-0.05, 0) is 43.0 Å². The molecule has 1 fully saturated rings. The number of hydrogen-bond donors (Lipinski definition) is 1. The van der Waals surface area contributed by atoms with Crippen molar-refractivity contribution in [2.24, 2.45) is 5.92 Å². The molecule has 0 aliphatic heterocycles. The molecule has 2 aliphatic rings. The van der Waals surface area contributed by atoms with Gasteiger partial charge in [0.25, 0.3) is 5.91 Å². The largest absolute Gasteiger partial charge is 0.495 e. The molecule has 1 amide bonds. The van der Waals surface area contributed by atoms with Gasteiger partial charge in [0.15, 0.2) is 11.5 Å². The summed E-state index contributed by atoms with van der Waals surface area (Å²) < 4.78 is 47.9. The summed E-state index contributed by atoms with van der Waals surface area (Å²) >= 11 is 0. The summed E-state index contributed by atoms with van der Waals surface area (Å²) in [5, 5.41) is 6.98. The number of methoxy groups -OCH3 is 1. The minimum Gasteiger partial charge on any atom is -0.495 e. The number of aromatic nitrogens is 2. The zero-order valence-electron chi connectivity index (χ0n) is 15.4. The smallest absolute Gasteiger partial charge is 0.276 e. The lowest BCUT2D eigenvalue weighted by molar-refractivity contribution is 0.102. The Bertz CT molecular complexity index is 1160. The summed E-state index contributed by atoms with van der Waals surface area (Å²) in [6.07, 6.45) is 1.63. The van der Waals surface area contributed by atoms with Crippen LogP contribution in [-0.2, 0) is 6.42 Å². The number of halogens is 3. The van der Waals surface area contributed by atoms with E-state index in [1.54, 1.807) is 0 Å². The highest BCUT2D eigenvalue weighted by Crippen LogP contribution is 2.57. The summed E-state index contributed by atoms with van der Waals surface area (Å²) in [7, 11) is 1.42. The Morgan fingerprint density at radius 2 is 1.93 bits per heavy atom. The van der Waals surface area contributed by atoms with E-state index in [2.05, 4.69) is 10.4 Å². The molecule has 1 saturated carbocycles.